The molecule has 1 aliphatic rings. The molecular weight excluding hydrogens is 348 g/mol. The Labute approximate surface area is 146 Å². The van der Waals surface area contributed by atoms with Gasteiger partial charge in [-0.1, -0.05) is 25.4 Å². The first-order valence-corrected chi connectivity index (χ1v) is 9.69. The Balaban J connectivity index is 2.27. The van der Waals surface area contributed by atoms with Crippen LogP contribution in [-0.2, 0) is 10.0 Å². The Morgan fingerprint density at radius 1 is 1.29 bits per heavy atom. The van der Waals surface area contributed by atoms with Gasteiger partial charge < -0.3 is 11.5 Å². The number of hydrogen-bond acceptors (Lipinski definition) is 5. The fraction of sp³-hybridized carbons (Fsp3) is 0.438. The van der Waals surface area contributed by atoms with Crippen LogP contribution in [0.25, 0.3) is 10.8 Å². The number of nitrogens with one attached hydrogen (secondary N) is 1. The molecule has 2 aromatic rings. The number of nitrogens with zero attached hydrogens (tertiary/aromatic N) is 1. The fourth-order valence-corrected chi connectivity index (χ4v) is 4.72. The quantitative estimate of drug-likeness (QED) is 0.716. The van der Waals surface area contributed by atoms with E-state index in [1.165, 1.54) is 0 Å². The van der Waals surface area contributed by atoms with E-state index >= 15 is 0 Å². The molecule has 0 unspecified atom stereocenters. The van der Waals surface area contributed by atoms with Gasteiger partial charge in [-0.15, -0.1) is 0 Å². The maximum absolute atomic E-state index is 12.8. The van der Waals surface area contributed by atoms with Crippen molar-refractivity contribution in [1.29, 1.82) is 0 Å². The van der Waals surface area contributed by atoms with E-state index in [2.05, 4.69) is 9.71 Å². The smallest absolute Gasteiger partial charge is 0.241 e. The summed E-state index contributed by atoms with van der Waals surface area (Å²) in [5, 5.41) is 1.45. The minimum absolute atomic E-state index is 0.172. The second-order valence-corrected chi connectivity index (χ2v) is 8.75. The molecule has 5 N–H and O–H groups in total. The van der Waals surface area contributed by atoms with Crippen LogP contribution in [0.3, 0.4) is 0 Å². The van der Waals surface area contributed by atoms with Crippen LogP contribution in [0.4, 0.5) is 0 Å². The third kappa shape index (κ3) is 3.02. The summed E-state index contributed by atoms with van der Waals surface area (Å²) in [6, 6.07) is 2.68. The molecule has 0 spiro atoms. The molecule has 6 nitrogen and oxygen atoms in total. The van der Waals surface area contributed by atoms with E-state index in [-0.39, 0.29) is 28.1 Å². The molecule has 8 heteroatoms. The number of hydrogen-bond donors (Lipinski definition) is 3. The van der Waals surface area contributed by atoms with Crippen LogP contribution in [-0.4, -0.2) is 19.9 Å². The summed E-state index contributed by atoms with van der Waals surface area (Å²) in [5.41, 5.74) is 14.0. The topological polar surface area (TPSA) is 111 Å². The second-order valence-electron chi connectivity index (χ2n) is 6.62. The predicted octanol–water partition coefficient (Wildman–Crippen LogP) is 2.23. The molecule has 1 heterocycles. The summed E-state index contributed by atoms with van der Waals surface area (Å²) in [6.45, 7) is 4.24. The van der Waals surface area contributed by atoms with Crippen molar-refractivity contribution in [3.05, 3.63) is 34.6 Å². The van der Waals surface area contributed by atoms with Crippen molar-refractivity contribution in [2.24, 2.45) is 17.4 Å². The van der Waals surface area contributed by atoms with E-state index in [1.54, 1.807) is 18.3 Å². The highest BCUT2D eigenvalue weighted by atomic mass is 35.5. The van der Waals surface area contributed by atoms with Crippen molar-refractivity contribution in [3.63, 3.8) is 0 Å². The largest absolute Gasteiger partial charge is 0.324 e. The highest BCUT2D eigenvalue weighted by molar-refractivity contribution is 7.89. The number of benzene rings is 1. The summed E-state index contributed by atoms with van der Waals surface area (Å²) in [6.07, 6.45) is 2.16. The molecule has 0 radical (unpaired) electrons. The van der Waals surface area contributed by atoms with Crippen LogP contribution in [0, 0.1) is 5.92 Å². The van der Waals surface area contributed by atoms with Gasteiger partial charge in [-0.2, -0.15) is 0 Å². The molecule has 0 fully saturated rings. The lowest BCUT2D eigenvalue weighted by atomic mass is 10.0. The fourth-order valence-electron chi connectivity index (χ4n) is 3.12. The summed E-state index contributed by atoms with van der Waals surface area (Å²) in [5.74, 6) is 0.196. The molecule has 1 aliphatic carbocycles. The average molecular weight is 369 g/mol. The molecule has 3 rings (SSSR count). The van der Waals surface area contributed by atoms with Crippen LogP contribution < -0.4 is 16.2 Å². The molecule has 0 amide bonds. The summed E-state index contributed by atoms with van der Waals surface area (Å²) < 4.78 is 28.2. The average Bonchev–Trinajstić information content (AvgIpc) is 2.79. The van der Waals surface area contributed by atoms with Crippen molar-refractivity contribution in [1.82, 2.24) is 9.71 Å². The lowest BCUT2D eigenvalue weighted by Crippen LogP contribution is -2.28. The number of halogens is 1. The Morgan fingerprint density at radius 2 is 2.00 bits per heavy atom. The zero-order valence-electron chi connectivity index (χ0n) is 13.6. The van der Waals surface area contributed by atoms with E-state index in [4.69, 9.17) is 23.1 Å². The van der Waals surface area contributed by atoms with E-state index in [0.717, 1.165) is 11.1 Å². The Kier molecular flexibility index (Phi) is 4.57. The molecule has 0 saturated heterocycles. The molecule has 130 valence electrons. The highest BCUT2D eigenvalue weighted by Crippen LogP contribution is 2.42. The van der Waals surface area contributed by atoms with Crippen molar-refractivity contribution >= 4 is 32.4 Å². The highest BCUT2D eigenvalue weighted by Gasteiger charge is 2.31. The molecule has 0 aliphatic heterocycles. The minimum Gasteiger partial charge on any atom is -0.324 e. The third-order valence-electron chi connectivity index (χ3n) is 4.27. The number of aromatic nitrogens is 1. The summed E-state index contributed by atoms with van der Waals surface area (Å²) in [4.78, 5) is 4.27. The third-order valence-corrected chi connectivity index (χ3v) is 5.94. The van der Waals surface area contributed by atoms with E-state index in [1.807, 2.05) is 13.8 Å². The van der Waals surface area contributed by atoms with Gasteiger partial charge in [0.05, 0.1) is 4.90 Å². The van der Waals surface area contributed by atoms with E-state index in [0.29, 0.717) is 23.7 Å². The molecule has 1 aromatic heterocycles. The lowest BCUT2D eigenvalue weighted by molar-refractivity contribution is 0.560. The van der Waals surface area contributed by atoms with Gasteiger partial charge in [0, 0.05) is 35.6 Å². The van der Waals surface area contributed by atoms with Crippen molar-refractivity contribution in [3.8, 4) is 0 Å². The Morgan fingerprint density at radius 3 is 2.67 bits per heavy atom. The van der Waals surface area contributed by atoms with E-state index < -0.39 is 10.0 Å². The van der Waals surface area contributed by atoms with Crippen molar-refractivity contribution < 1.29 is 8.42 Å². The van der Waals surface area contributed by atoms with Crippen molar-refractivity contribution in [2.75, 3.05) is 6.54 Å². The van der Waals surface area contributed by atoms with E-state index in [9.17, 15) is 8.42 Å². The SMILES string of the molecule is CC(C)CNS(=O)(=O)c1cc2c(c3cnc(Cl)cc13)[C@@H](N)C[C@@H]2N. The molecule has 0 saturated carbocycles. The predicted molar refractivity (Wildman–Crippen MR) is 95.3 cm³/mol. The van der Waals surface area contributed by atoms with Crippen LogP contribution in [0.1, 0.15) is 43.5 Å². The van der Waals surface area contributed by atoms with Gasteiger partial charge in [0.15, 0.2) is 0 Å². The molecular formula is C16H21ClN4O2S. The van der Waals surface area contributed by atoms with Crippen molar-refractivity contribution in [2.45, 2.75) is 37.2 Å². The first-order valence-electron chi connectivity index (χ1n) is 7.83. The summed E-state index contributed by atoms with van der Waals surface area (Å²) in [7, 11) is -3.69. The van der Waals surface area contributed by atoms with Crippen LogP contribution in [0.2, 0.25) is 5.15 Å². The van der Waals surface area contributed by atoms with Crippen LogP contribution in [0.5, 0.6) is 0 Å². The maximum Gasteiger partial charge on any atom is 0.241 e. The standard InChI is InChI=1S/C16H21ClN4O2S/c1-8(2)6-21-24(22,23)14-3-10-12(18)5-13(19)16(10)11-7-20-15(17)4-9(11)14/h3-4,7-8,12-13,21H,5-6,18-19H2,1-2H3/t12-,13-/m0/s1. The monoisotopic (exact) mass is 368 g/mol. The molecule has 24 heavy (non-hydrogen) atoms. The second kappa shape index (κ2) is 6.24. The Hall–Kier alpha value is -1.25. The van der Waals surface area contributed by atoms with Crippen LogP contribution >= 0.6 is 11.6 Å². The van der Waals surface area contributed by atoms with Gasteiger partial charge in [0.2, 0.25) is 10.0 Å². The Bertz CT molecular complexity index is 899. The maximum atomic E-state index is 12.8. The van der Waals surface area contributed by atoms with Gasteiger partial charge >= 0.3 is 0 Å². The zero-order chi connectivity index (χ0) is 17.6. The number of rotatable bonds is 4. The van der Waals surface area contributed by atoms with Gasteiger partial charge in [0.25, 0.3) is 0 Å². The number of sulfonamides is 1. The number of fused-ring (bicyclic) bond motifs is 3. The van der Waals surface area contributed by atoms with Gasteiger partial charge in [-0.25, -0.2) is 18.1 Å². The first kappa shape index (κ1) is 17.6. The molecule has 1 aromatic carbocycles. The molecule has 2 atom stereocenters. The number of nitrogens with two attached hydrogens (primary N) is 2. The van der Waals surface area contributed by atoms with Crippen LogP contribution in [0.15, 0.2) is 23.2 Å². The first-order chi connectivity index (χ1) is 11.2. The number of pyridine rings is 1. The van der Waals surface area contributed by atoms with Gasteiger partial charge in [-0.3, -0.25) is 0 Å². The van der Waals surface area contributed by atoms with Gasteiger partial charge in [-0.05, 0) is 35.6 Å². The minimum atomic E-state index is -3.69. The summed E-state index contributed by atoms with van der Waals surface area (Å²) >= 11 is 6.00. The zero-order valence-corrected chi connectivity index (χ0v) is 15.2. The van der Waals surface area contributed by atoms with Gasteiger partial charge in [0.1, 0.15) is 5.15 Å². The lowest BCUT2D eigenvalue weighted by Gasteiger charge is -2.16. The normalized spacial score (nSPS) is 20.8. The molecule has 0 bridgehead atoms.